The number of benzene rings is 2. The van der Waals surface area contributed by atoms with Crippen molar-refractivity contribution < 1.29 is 9.59 Å². The van der Waals surface area contributed by atoms with Crippen LogP contribution in [0.2, 0.25) is 0 Å². The lowest BCUT2D eigenvalue weighted by molar-refractivity contribution is -0.117. The van der Waals surface area contributed by atoms with E-state index in [1.165, 1.54) is 0 Å². The molecule has 0 saturated carbocycles. The molecule has 1 heterocycles. The van der Waals surface area contributed by atoms with Gasteiger partial charge in [0.2, 0.25) is 5.91 Å². The molecule has 1 aliphatic rings. The van der Waals surface area contributed by atoms with Gasteiger partial charge in [-0.05, 0) is 55.2 Å². The minimum absolute atomic E-state index is 0.0625. The Morgan fingerprint density at radius 1 is 1.14 bits per heavy atom. The van der Waals surface area contributed by atoms with Crippen molar-refractivity contribution in [2.24, 2.45) is 0 Å². The number of Topliss-reactive ketones (excluding diaryl/α,β-unsaturated/α-hetero) is 1. The second-order valence-corrected chi connectivity index (χ2v) is 5.80. The number of rotatable bonds is 3. The van der Waals surface area contributed by atoms with Gasteiger partial charge >= 0.3 is 0 Å². The first-order valence-electron chi connectivity index (χ1n) is 7.55. The lowest BCUT2D eigenvalue weighted by Crippen LogP contribution is -2.30. The van der Waals surface area contributed by atoms with Crippen LogP contribution >= 0.6 is 0 Å². The maximum atomic E-state index is 12.6. The van der Waals surface area contributed by atoms with Crippen molar-refractivity contribution in [1.82, 2.24) is 0 Å². The maximum Gasteiger partial charge on any atom is 0.231 e. The van der Waals surface area contributed by atoms with Crippen LogP contribution in [0.5, 0.6) is 0 Å². The van der Waals surface area contributed by atoms with Crippen molar-refractivity contribution >= 4 is 17.4 Å². The summed E-state index contributed by atoms with van der Waals surface area (Å²) < 4.78 is 0. The van der Waals surface area contributed by atoms with Crippen LogP contribution < -0.4 is 4.90 Å². The van der Waals surface area contributed by atoms with Gasteiger partial charge in [-0.15, -0.1) is 0 Å². The highest BCUT2D eigenvalue weighted by Gasteiger charge is 2.25. The summed E-state index contributed by atoms with van der Waals surface area (Å²) in [7, 11) is 0. The fraction of sp³-hybridized carbons (Fsp3) is 0.263. The van der Waals surface area contributed by atoms with Crippen molar-refractivity contribution in [2.45, 2.75) is 26.7 Å². The molecule has 0 spiro atoms. The van der Waals surface area contributed by atoms with Gasteiger partial charge in [-0.1, -0.05) is 24.3 Å². The molecule has 0 unspecified atom stereocenters. The van der Waals surface area contributed by atoms with Crippen molar-refractivity contribution in [3.8, 4) is 0 Å². The maximum absolute atomic E-state index is 12.6. The smallest absolute Gasteiger partial charge is 0.231 e. The molecule has 112 valence electrons. The number of carbonyl (C=O) groups is 2. The molecule has 0 saturated heterocycles. The third-order valence-corrected chi connectivity index (χ3v) is 4.29. The van der Waals surface area contributed by atoms with Crippen LogP contribution in [0.15, 0.2) is 42.5 Å². The summed E-state index contributed by atoms with van der Waals surface area (Å²) in [5, 5.41) is 0. The number of amides is 1. The Kier molecular flexibility index (Phi) is 3.80. The van der Waals surface area contributed by atoms with Crippen molar-refractivity contribution in [2.75, 3.05) is 11.4 Å². The standard InChI is InChI=1S/C19H19NO2/c1-13-5-3-4-6-15(13)12-19(22)20-10-9-17-11-16(14(2)21)7-8-18(17)20/h3-8,11H,9-10,12H2,1-2H3. The molecule has 0 fully saturated rings. The number of carbonyl (C=O) groups excluding carboxylic acids is 2. The van der Waals surface area contributed by atoms with Crippen molar-refractivity contribution in [1.29, 1.82) is 0 Å². The molecule has 2 aromatic rings. The zero-order chi connectivity index (χ0) is 15.7. The van der Waals surface area contributed by atoms with Gasteiger partial charge in [0.15, 0.2) is 5.78 Å². The number of anilines is 1. The molecular formula is C19H19NO2. The topological polar surface area (TPSA) is 37.4 Å². The molecule has 2 aromatic carbocycles. The molecule has 0 N–H and O–H groups in total. The van der Waals surface area contributed by atoms with E-state index in [1.807, 2.05) is 48.2 Å². The molecular weight excluding hydrogens is 274 g/mol. The molecule has 0 aromatic heterocycles. The van der Waals surface area contributed by atoms with Gasteiger partial charge in [0, 0.05) is 17.8 Å². The third kappa shape index (κ3) is 2.67. The summed E-state index contributed by atoms with van der Waals surface area (Å²) >= 11 is 0. The summed E-state index contributed by atoms with van der Waals surface area (Å²) in [4.78, 5) is 25.9. The molecule has 0 atom stereocenters. The molecule has 0 radical (unpaired) electrons. The normalized spacial score (nSPS) is 13.1. The van der Waals surface area contributed by atoms with Crippen LogP contribution in [-0.2, 0) is 17.6 Å². The fourth-order valence-electron chi connectivity index (χ4n) is 2.95. The Morgan fingerprint density at radius 3 is 2.64 bits per heavy atom. The lowest BCUT2D eigenvalue weighted by atomic mass is 10.0. The van der Waals surface area contributed by atoms with Crippen LogP contribution in [0.25, 0.3) is 0 Å². The van der Waals surface area contributed by atoms with Crippen molar-refractivity contribution in [3.05, 3.63) is 64.7 Å². The molecule has 22 heavy (non-hydrogen) atoms. The first-order valence-corrected chi connectivity index (χ1v) is 7.55. The number of hydrogen-bond donors (Lipinski definition) is 0. The van der Waals surface area contributed by atoms with E-state index >= 15 is 0 Å². The van der Waals surface area contributed by atoms with Gasteiger partial charge < -0.3 is 4.90 Å². The number of ketones is 1. The quantitative estimate of drug-likeness (QED) is 0.814. The molecule has 0 aliphatic carbocycles. The molecule has 3 rings (SSSR count). The Labute approximate surface area is 130 Å². The summed E-state index contributed by atoms with van der Waals surface area (Å²) in [6.07, 6.45) is 1.23. The third-order valence-electron chi connectivity index (χ3n) is 4.29. The average Bonchev–Trinajstić information content (AvgIpc) is 2.92. The number of aryl methyl sites for hydroxylation is 1. The van der Waals surface area contributed by atoms with E-state index in [0.29, 0.717) is 18.5 Å². The molecule has 0 bridgehead atoms. The molecule has 3 nitrogen and oxygen atoms in total. The van der Waals surface area contributed by atoms with Gasteiger partial charge in [-0.3, -0.25) is 9.59 Å². The second kappa shape index (κ2) is 5.76. The SMILES string of the molecule is CC(=O)c1ccc2c(c1)CCN2C(=O)Cc1ccccc1C. The van der Waals surface area contributed by atoms with Crippen molar-refractivity contribution in [3.63, 3.8) is 0 Å². The predicted octanol–water partition coefficient (Wildman–Crippen LogP) is 3.33. The molecule has 3 heteroatoms. The van der Waals surface area contributed by atoms with Crippen LogP contribution in [0.1, 0.15) is 34.0 Å². The summed E-state index contributed by atoms with van der Waals surface area (Å²) in [5.74, 6) is 0.177. The second-order valence-electron chi connectivity index (χ2n) is 5.80. The van der Waals surface area contributed by atoms with Crippen LogP contribution in [0.3, 0.4) is 0 Å². The van der Waals surface area contributed by atoms with E-state index < -0.39 is 0 Å². The summed E-state index contributed by atoms with van der Waals surface area (Å²) in [5.41, 5.74) is 4.96. The molecule has 1 aliphatic heterocycles. The average molecular weight is 293 g/mol. The first-order chi connectivity index (χ1) is 10.6. The van der Waals surface area contributed by atoms with Crippen LogP contribution in [0, 0.1) is 6.92 Å². The van der Waals surface area contributed by atoms with Gasteiger partial charge in [0.25, 0.3) is 0 Å². The van der Waals surface area contributed by atoms with E-state index in [1.54, 1.807) is 13.0 Å². The number of nitrogens with zero attached hydrogens (tertiary/aromatic N) is 1. The van der Waals surface area contributed by atoms with Gasteiger partial charge in [-0.25, -0.2) is 0 Å². The van der Waals surface area contributed by atoms with E-state index in [9.17, 15) is 9.59 Å². The minimum Gasteiger partial charge on any atom is -0.312 e. The highest BCUT2D eigenvalue weighted by atomic mass is 16.2. The fourth-order valence-corrected chi connectivity index (χ4v) is 2.95. The first kappa shape index (κ1) is 14.5. The van der Waals surface area contributed by atoms with Gasteiger partial charge in [0.1, 0.15) is 0 Å². The minimum atomic E-state index is 0.0625. The monoisotopic (exact) mass is 293 g/mol. The lowest BCUT2D eigenvalue weighted by Gasteiger charge is -2.18. The van der Waals surface area contributed by atoms with Gasteiger partial charge in [0.05, 0.1) is 6.42 Å². The highest BCUT2D eigenvalue weighted by molar-refractivity contribution is 5.99. The number of fused-ring (bicyclic) bond motifs is 1. The Balaban J connectivity index is 1.82. The highest BCUT2D eigenvalue weighted by Crippen LogP contribution is 2.29. The van der Waals surface area contributed by atoms with E-state index in [-0.39, 0.29) is 11.7 Å². The largest absolute Gasteiger partial charge is 0.312 e. The van der Waals surface area contributed by atoms with E-state index in [0.717, 1.165) is 28.8 Å². The predicted molar refractivity (Wildman–Crippen MR) is 87.4 cm³/mol. The summed E-state index contributed by atoms with van der Waals surface area (Å²) in [6.45, 7) is 4.29. The number of hydrogen-bond acceptors (Lipinski definition) is 2. The molecule has 1 amide bonds. The van der Waals surface area contributed by atoms with Crippen LogP contribution in [-0.4, -0.2) is 18.2 Å². The Morgan fingerprint density at radius 2 is 1.91 bits per heavy atom. The van der Waals surface area contributed by atoms with Crippen LogP contribution in [0.4, 0.5) is 5.69 Å². The van der Waals surface area contributed by atoms with E-state index in [2.05, 4.69) is 0 Å². The van der Waals surface area contributed by atoms with E-state index in [4.69, 9.17) is 0 Å². The Hall–Kier alpha value is -2.42. The zero-order valence-corrected chi connectivity index (χ0v) is 12.9. The summed E-state index contributed by atoms with van der Waals surface area (Å²) in [6, 6.07) is 13.6. The van der Waals surface area contributed by atoms with Gasteiger partial charge in [-0.2, -0.15) is 0 Å². The zero-order valence-electron chi connectivity index (χ0n) is 12.9. The Bertz CT molecular complexity index is 749.